The summed E-state index contributed by atoms with van der Waals surface area (Å²) in [5.74, 6) is -0.534. The summed E-state index contributed by atoms with van der Waals surface area (Å²) >= 11 is 0. The Balaban J connectivity index is 1.35. The van der Waals surface area contributed by atoms with E-state index in [2.05, 4.69) is 40.8 Å². The van der Waals surface area contributed by atoms with Crippen molar-refractivity contribution in [2.24, 2.45) is 0 Å². The van der Waals surface area contributed by atoms with Crippen molar-refractivity contribution in [1.29, 1.82) is 0 Å². The van der Waals surface area contributed by atoms with Crippen LogP contribution in [0.15, 0.2) is 60.8 Å². The molecule has 0 aliphatic rings. The molecule has 1 aromatic heterocycles. The number of carbonyl (C=O) groups excluding carboxylic acids is 1. The maximum Gasteiger partial charge on any atom is 0.267 e. The number of aryl methyl sites for hydroxylation is 1. The Morgan fingerprint density at radius 1 is 1.07 bits per heavy atom. The molecule has 140 valence electrons. The van der Waals surface area contributed by atoms with Crippen LogP contribution in [0, 0.1) is 0 Å². The van der Waals surface area contributed by atoms with Gasteiger partial charge in [-0.1, -0.05) is 42.5 Å². The summed E-state index contributed by atoms with van der Waals surface area (Å²) in [6.07, 6.45) is 8.46. The van der Waals surface area contributed by atoms with Gasteiger partial charge < -0.3 is 10.3 Å². The Kier molecular flexibility index (Phi) is 6.79. The van der Waals surface area contributed by atoms with Gasteiger partial charge in [0, 0.05) is 29.7 Å². The van der Waals surface area contributed by atoms with Crippen LogP contribution < -0.4 is 10.8 Å². The minimum absolute atomic E-state index is 0.534. The molecule has 5 nitrogen and oxygen atoms in total. The molecule has 0 saturated carbocycles. The standard InChI is InChI=1S/C22H25N3O2/c26-22(25-27)13-12-17-8-10-18(11-9-17)15-23-14-4-3-5-19-16-24-21-7-2-1-6-20(19)21/h1-2,6-13,16,23-24,27H,3-5,14-15H2,(H,25,26)/b13-12+. The number of hydrogen-bond donors (Lipinski definition) is 4. The Morgan fingerprint density at radius 2 is 1.89 bits per heavy atom. The largest absolute Gasteiger partial charge is 0.361 e. The lowest BCUT2D eigenvalue weighted by Crippen LogP contribution is -2.15. The lowest BCUT2D eigenvalue weighted by molar-refractivity contribution is -0.124. The maximum absolute atomic E-state index is 11.0. The Hall–Kier alpha value is -2.89. The van der Waals surface area contributed by atoms with E-state index >= 15 is 0 Å². The highest BCUT2D eigenvalue weighted by Gasteiger charge is 2.02. The molecule has 0 fully saturated rings. The fourth-order valence-corrected chi connectivity index (χ4v) is 3.09. The second kappa shape index (κ2) is 9.71. The molecule has 0 aliphatic carbocycles. The van der Waals surface area contributed by atoms with Gasteiger partial charge in [-0.05, 0) is 54.6 Å². The fourth-order valence-electron chi connectivity index (χ4n) is 3.09. The van der Waals surface area contributed by atoms with Gasteiger partial charge in [-0.25, -0.2) is 5.48 Å². The van der Waals surface area contributed by atoms with Crippen LogP contribution in [-0.2, 0) is 17.8 Å². The van der Waals surface area contributed by atoms with Gasteiger partial charge in [0.15, 0.2) is 0 Å². The van der Waals surface area contributed by atoms with E-state index < -0.39 is 5.91 Å². The molecule has 0 bridgehead atoms. The first-order chi connectivity index (χ1) is 13.3. The number of hydroxylamine groups is 1. The average Bonchev–Trinajstić information content (AvgIpc) is 3.12. The number of hydrogen-bond acceptors (Lipinski definition) is 3. The third-order valence-electron chi connectivity index (χ3n) is 4.57. The Morgan fingerprint density at radius 3 is 2.70 bits per heavy atom. The minimum Gasteiger partial charge on any atom is -0.361 e. The van der Waals surface area contributed by atoms with Crippen molar-refractivity contribution in [2.45, 2.75) is 25.8 Å². The Labute approximate surface area is 159 Å². The van der Waals surface area contributed by atoms with Crippen LogP contribution in [0.5, 0.6) is 0 Å². The molecule has 0 saturated heterocycles. The van der Waals surface area contributed by atoms with Gasteiger partial charge in [0.2, 0.25) is 0 Å². The first-order valence-electron chi connectivity index (χ1n) is 9.23. The number of H-pyrrole nitrogens is 1. The number of unbranched alkanes of at least 4 members (excludes halogenated alkanes) is 1. The van der Waals surface area contributed by atoms with E-state index in [1.165, 1.54) is 28.1 Å². The molecule has 4 N–H and O–H groups in total. The second-order valence-corrected chi connectivity index (χ2v) is 6.54. The molecule has 27 heavy (non-hydrogen) atoms. The summed E-state index contributed by atoms with van der Waals surface area (Å²) in [6, 6.07) is 16.4. The fraction of sp³-hybridized carbons (Fsp3) is 0.227. The molecule has 3 rings (SSSR count). The van der Waals surface area contributed by atoms with Crippen molar-refractivity contribution in [3.05, 3.63) is 77.5 Å². The molecular formula is C22H25N3O2. The number of aromatic nitrogens is 1. The van der Waals surface area contributed by atoms with Crippen LogP contribution in [-0.4, -0.2) is 22.6 Å². The van der Waals surface area contributed by atoms with E-state index in [1.807, 2.05) is 24.3 Å². The number of carbonyl (C=O) groups is 1. The van der Waals surface area contributed by atoms with Crippen molar-refractivity contribution in [1.82, 2.24) is 15.8 Å². The van der Waals surface area contributed by atoms with Gasteiger partial charge in [0.05, 0.1) is 0 Å². The summed E-state index contributed by atoms with van der Waals surface area (Å²) in [7, 11) is 0. The summed E-state index contributed by atoms with van der Waals surface area (Å²) in [5, 5.41) is 13.3. The van der Waals surface area contributed by atoms with Gasteiger partial charge in [-0.15, -0.1) is 0 Å². The van der Waals surface area contributed by atoms with Crippen molar-refractivity contribution >= 4 is 22.9 Å². The van der Waals surface area contributed by atoms with Gasteiger partial charge in [-0.3, -0.25) is 10.0 Å². The second-order valence-electron chi connectivity index (χ2n) is 6.54. The number of fused-ring (bicyclic) bond motifs is 1. The minimum atomic E-state index is -0.534. The molecule has 5 heteroatoms. The molecule has 1 heterocycles. The lowest BCUT2D eigenvalue weighted by Gasteiger charge is -2.05. The van der Waals surface area contributed by atoms with E-state index in [9.17, 15) is 4.79 Å². The van der Waals surface area contributed by atoms with Crippen LogP contribution >= 0.6 is 0 Å². The predicted octanol–water partition coefficient (Wildman–Crippen LogP) is 3.80. The average molecular weight is 363 g/mol. The molecule has 0 radical (unpaired) electrons. The highest BCUT2D eigenvalue weighted by Crippen LogP contribution is 2.19. The number of rotatable bonds is 9. The van der Waals surface area contributed by atoms with E-state index in [1.54, 1.807) is 11.6 Å². The molecule has 2 aromatic carbocycles. The van der Waals surface area contributed by atoms with Gasteiger partial charge in [-0.2, -0.15) is 0 Å². The van der Waals surface area contributed by atoms with E-state index in [0.29, 0.717) is 0 Å². The number of benzene rings is 2. The number of aromatic amines is 1. The van der Waals surface area contributed by atoms with E-state index in [0.717, 1.165) is 37.9 Å². The van der Waals surface area contributed by atoms with Crippen LogP contribution in [0.1, 0.15) is 29.5 Å². The SMILES string of the molecule is O=C(/C=C/c1ccc(CNCCCCc2c[nH]c3ccccc23)cc1)NO. The third-order valence-corrected chi connectivity index (χ3v) is 4.57. The highest BCUT2D eigenvalue weighted by atomic mass is 16.5. The molecule has 0 atom stereocenters. The number of nitrogens with one attached hydrogen (secondary N) is 3. The normalized spacial score (nSPS) is 11.3. The van der Waals surface area contributed by atoms with Gasteiger partial charge in [0.25, 0.3) is 5.91 Å². The zero-order valence-electron chi connectivity index (χ0n) is 15.2. The molecule has 3 aromatic rings. The topological polar surface area (TPSA) is 77.2 Å². The van der Waals surface area contributed by atoms with E-state index in [4.69, 9.17) is 5.21 Å². The molecular weight excluding hydrogens is 338 g/mol. The van der Waals surface area contributed by atoms with Crippen LogP contribution in [0.25, 0.3) is 17.0 Å². The van der Waals surface area contributed by atoms with Crippen LogP contribution in [0.4, 0.5) is 0 Å². The van der Waals surface area contributed by atoms with Crippen molar-refractivity contribution in [3.63, 3.8) is 0 Å². The number of amides is 1. The van der Waals surface area contributed by atoms with Crippen molar-refractivity contribution in [2.75, 3.05) is 6.54 Å². The predicted molar refractivity (Wildman–Crippen MR) is 108 cm³/mol. The van der Waals surface area contributed by atoms with Gasteiger partial charge in [0.1, 0.15) is 0 Å². The summed E-state index contributed by atoms with van der Waals surface area (Å²) < 4.78 is 0. The van der Waals surface area contributed by atoms with Crippen molar-refractivity contribution < 1.29 is 10.0 Å². The molecule has 0 unspecified atom stereocenters. The molecule has 0 aliphatic heterocycles. The lowest BCUT2D eigenvalue weighted by atomic mass is 10.1. The van der Waals surface area contributed by atoms with Crippen molar-refractivity contribution in [3.8, 4) is 0 Å². The first kappa shape index (κ1) is 18.9. The van der Waals surface area contributed by atoms with Crippen LogP contribution in [0.2, 0.25) is 0 Å². The molecule has 0 spiro atoms. The monoisotopic (exact) mass is 363 g/mol. The summed E-state index contributed by atoms with van der Waals surface area (Å²) in [4.78, 5) is 14.3. The number of para-hydroxylation sites is 1. The zero-order valence-corrected chi connectivity index (χ0v) is 15.2. The summed E-state index contributed by atoms with van der Waals surface area (Å²) in [6.45, 7) is 1.81. The summed E-state index contributed by atoms with van der Waals surface area (Å²) in [5.41, 5.74) is 6.29. The van der Waals surface area contributed by atoms with Crippen LogP contribution in [0.3, 0.4) is 0 Å². The first-order valence-corrected chi connectivity index (χ1v) is 9.23. The Bertz CT molecular complexity index is 897. The maximum atomic E-state index is 11.0. The smallest absolute Gasteiger partial charge is 0.267 e. The quantitative estimate of drug-likeness (QED) is 0.202. The highest BCUT2D eigenvalue weighted by molar-refractivity contribution is 5.90. The van der Waals surface area contributed by atoms with E-state index in [-0.39, 0.29) is 0 Å². The third kappa shape index (κ3) is 5.54. The zero-order chi connectivity index (χ0) is 18.9. The van der Waals surface area contributed by atoms with Gasteiger partial charge >= 0.3 is 0 Å². The molecule has 1 amide bonds.